The number of oxime groups is 1. The second kappa shape index (κ2) is 4.37. The van der Waals surface area contributed by atoms with Gasteiger partial charge in [-0.25, -0.2) is 0 Å². The van der Waals surface area contributed by atoms with Crippen molar-refractivity contribution < 1.29 is 5.21 Å². The van der Waals surface area contributed by atoms with E-state index in [0.717, 1.165) is 16.8 Å². The Morgan fingerprint density at radius 2 is 1.87 bits per heavy atom. The number of nitrogens with zero attached hydrogens (tertiary/aromatic N) is 2. The molecule has 1 N–H and O–H groups in total. The molecule has 0 bridgehead atoms. The predicted octanol–water partition coefficient (Wildman–Crippen LogP) is 2.56. The maximum atomic E-state index is 8.53. The summed E-state index contributed by atoms with van der Waals surface area (Å²) in [6.45, 7) is 0. The van der Waals surface area contributed by atoms with Crippen molar-refractivity contribution in [1.82, 2.24) is 4.98 Å². The highest BCUT2D eigenvalue weighted by atomic mass is 16.4. The highest BCUT2D eigenvalue weighted by molar-refractivity contribution is 5.88. The number of pyridine rings is 1. The molecule has 15 heavy (non-hydrogen) atoms. The lowest BCUT2D eigenvalue weighted by molar-refractivity contribution is 0.322. The van der Waals surface area contributed by atoms with E-state index in [4.69, 9.17) is 5.21 Å². The van der Waals surface area contributed by atoms with Crippen molar-refractivity contribution in [1.29, 1.82) is 0 Å². The Kier molecular flexibility index (Phi) is 2.74. The number of aromatic nitrogens is 1. The Morgan fingerprint density at radius 1 is 1.07 bits per heavy atom. The molecular weight excluding hydrogens is 188 g/mol. The molecule has 3 heteroatoms. The van der Waals surface area contributed by atoms with E-state index in [1.807, 2.05) is 42.5 Å². The number of hydrogen-bond acceptors (Lipinski definition) is 3. The topological polar surface area (TPSA) is 45.5 Å². The van der Waals surface area contributed by atoms with E-state index in [2.05, 4.69) is 10.1 Å². The standard InChI is InChI=1S/C12H10N2O/c15-14-9-11-7-4-8-13-12(11)10-5-2-1-3-6-10/h1-9,15H. The SMILES string of the molecule is ON=Cc1cccnc1-c1ccccc1. The van der Waals surface area contributed by atoms with Crippen LogP contribution < -0.4 is 0 Å². The van der Waals surface area contributed by atoms with Gasteiger partial charge < -0.3 is 5.21 Å². The zero-order chi connectivity index (χ0) is 10.5. The molecule has 0 saturated carbocycles. The molecule has 0 spiro atoms. The van der Waals surface area contributed by atoms with Gasteiger partial charge in [0.05, 0.1) is 11.9 Å². The quantitative estimate of drug-likeness (QED) is 0.458. The first kappa shape index (κ1) is 9.40. The summed E-state index contributed by atoms with van der Waals surface area (Å²) >= 11 is 0. The van der Waals surface area contributed by atoms with Gasteiger partial charge in [-0.1, -0.05) is 35.5 Å². The third kappa shape index (κ3) is 2.02. The maximum absolute atomic E-state index is 8.53. The van der Waals surface area contributed by atoms with Crippen molar-refractivity contribution in [3.8, 4) is 11.3 Å². The van der Waals surface area contributed by atoms with Crippen LogP contribution in [-0.4, -0.2) is 16.4 Å². The first-order valence-electron chi connectivity index (χ1n) is 4.59. The minimum absolute atomic E-state index is 0.797. The van der Waals surface area contributed by atoms with E-state index >= 15 is 0 Å². The van der Waals surface area contributed by atoms with Crippen LogP contribution in [0.2, 0.25) is 0 Å². The minimum Gasteiger partial charge on any atom is -0.411 e. The van der Waals surface area contributed by atoms with Crippen molar-refractivity contribution in [2.75, 3.05) is 0 Å². The molecule has 0 atom stereocenters. The number of hydrogen-bond donors (Lipinski definition) is 1. The van der Waals surface area contributed by atoms with Crippen molar-refractivity contribution in [3.05, 3.63) is 54.2 Å². The molecule has 1 heterocycles. The summed E-state index contributed by atoms with van der Waals surface area (Å²) in [5.74, 6) is 0. The lowest BCUT2D eigenvalue weighted by Gasteiger charge is -2.03. The highest BCUT2D eigenvalue weighted by Gasteiger charge is 2.02. The Labute approximate surface area is 87.7 Å². The van der Waals surface area contributed by atoms with Crippen LogP contribution in [0.1, 0.15) is 5.56 Å². The molecule has 0 fully saturated rings. The molecule has 74 valence electrons. The van der Waals surface area contributed by atoms with E-state index in [-0.39, 0.29) is 0 Å². The number of benzene rings is 1. The van der Waals surface area contributed by atoms with Gasteiger partial charge >= 0.3 is 0 Å². The fourth-order valence-corrected chi connectivity index (χ4v) is 1.42. The molecule has 0 unspecified atom stereocenters. The van der Waals surface area contributed by atoms with Crippen LogP contribution in [0.3, 0.4) is 0 Å². The zero-order valence-corrected chi connectivity index (χ0v) is 8.04. The fourth-order valence-electron chi connectivity index (χ4n) is 1.42. The molecule has 0 radical (unpaired) electrons. The van der Waals surface area contributed by atoms with Crippen molar-refractivity contribution in [3.63, 3.8) is 0 Å². The average Bonchev–Trinajstić information content (AvgIpc) is 2.31. The molecule has 2 aromatic rings. The monoisotopic (exact) mass is 198 g/mol. The van der Waals surface area contributed by atoms with Gasteiger partial charge in [0.1, 0.15) is 0 Å². The Morgan fingerprint density at radius 3 is 2.60 bits per heavy atom. The smallest absolute Gasteiger partial charge is 0.0790 e. The van der Waals surface area contributed by atoms with Gasteiger partial charge in [-0.2, -0.15) is 0 Å². The Hall–Kier alpha value is -2.16. The van der Waals surface area contributed by atoms with Gasteiger partial charge in [-0.05, 0) is 12.1 Å². The molecule has 0 amide bonds. The first-order valence-corrected chi connectivity index (χ1v) is 4.59. The van der Waals surface area contributed by atoms with E-state index in [1.165, 1.54) is 6.21 Å². The van der Waals surface area contributed by atoms with E-state index in [9.17, 15) is 0 Å². The second-order valence-corrected chi connectivity index (χ2v) is 3.05. The van der Waals surface area contributed by atoms with E-state index < -0.39 is 0 Å². The van der Waals surface area contributed by atoms with Crippen molar-refractivity contribution >= 4 is 6.21 Å². The second-order valence-electron chi connectivity index (χ2n) is 3.05. The van der Waals surface area contributed by atoms with Gasteiger partial charge in [-0.3, -0.25) is 4.98 Å². The predicted molar refractivity (Wildman–Crippen MR) is 59.1 cm³/mol. The van der Waals surface area contributed by atoms with Crippen LogP contribution in [0, 0.1) is 0 Å². The Balaban J connectivity index is 2.53. The molecule has 0 aliphatic carbocycles. The summed E-state index contributed by atoms with van der Waals surface area (Å²) in [5.41, 5.74) is 2.62. The summed E-state index contributed by atoms with van der Waals surface area (Å²) in [4.78, 5) is 4.27. The average molecular weight is 198 g/mol. The van der Waals surface area contributed by atoms with Crippen molar-refractivity contribution in [2.24, 2.45) is 5.16 Å². The van der Waals surface area contributed by atoms with Gasteiger partial charge in [0.2, 0.25) is 0 Å². The van der Waals surface area contributed by atoms with Crippen LogP contribution in [0.15, 0.2) is 53.8 Å². The number of rotatable bonds is 2. The summed E-state index contributed by atoms with van der Waals surface area (Å²) in [7, 11) is 0. The molecule has 1 aromatic carbocycles. The molecule has 3 nitrogen and oxygen atoms in total. The van der Waals surface area contributed by atoms with Crippen LogP contribution in [0.5, 0.6) is 0 Å². The highest BCUT2D eigenvalue weighted by Crippen LogP contribution is 2.18. The lowest BCUT2D eigenvalue weighted by atomic mass is 10.1. The molecular formula is C12H10N2O. The van der Waals surface area contributed by atoms with Crippen molar-refractivity contribution in [2.45, 2.75) is 0 Å². The molecule has 2 rings (SSSR count). The first-order chi connectivity index (χ1) is 7.42. The van der Waals surface area contributed by atoms with Crippen LogP contribution in [0.25, 0.3) is 11.3 Å². The maximum Gasteiger partial charge on any atom is 0.0790 e. The van der Waals surface area contributed by atoms with Gasteiger partial charge in [-0.15, -0.1) is 0 Å². The van der Waals surface area contributed by atoms with Crippen LogP contribution in [0.4, 0.5) is 0 Å². The minimum atomic E-state index is 0.797. The largest absolute Gasteiger partial charge is 0.411 e. The fraction of sp³-hybridized carbons (Fsp3) is 0. The van der Waals surface area contributed by atoms with Gasteiger partial charge in [0, 0.05) is 17.3 Å². The van der Waals surface area contributed by atoms with E-state index in [0.29, 0.717) is 0 Å². The molecule has 0 saturated heterocycles. The van der Waals surface area contributed by atoms with Gasteiger partial charge in [0.15, 0.2) is 0 Å². The lowest BCUT2D eigenvalue weighted by Crippen LogP contribution is -1.90. The van der Waals surface area contributed by atoms with Gasteiger partial charge in [0.25, 0.3) is 0 Å². The third-order valence-electron chi connectivity index (χ3n) is 2.08. The molecule has 0 aliphatic rings. The molecule has 0 aliphatic heterocycles. The molecule has 1 aromatic heterocycles. The normalized spacial score (nSPS) is 10.7. The third-order valence-corrected chi connectivity index (χ3v) is 2.08. The summed E-state index contributed by atoms with van der Waals surface area (Å²) in [6, 6.07) is 13.5. The zero-order valence-electron chi connectivity index (χ0n) is 8.04. The summed E-state index contributed by atoms with van der Waals surface area (Å²) < 4.78 is 0. The summed E-state index contributed by atoms with van der Waals surface area (Å²) in [6.07, 6.45) is 3.10. The Bertz CT molecular complexity index is 466. The summed E-state index contributed by atoms with van der Waals surface area (Å²) in [5, 5.41) is 11.6. The van der Waals surface area contributed by atoms with E-state index in [1.54, 1.807) is 6.20 Å². The van der Waals surface area contributed by atoms with Crippen LogP contribution in [-0.2, 0) is 0 Å². The van der Waals surface area contributed by atoms with Crippen LogP contribution >= 0.6 is 0 Å².